The topological polar surface area (TPSA) is 22.1 Å². The molecule has 152 valence electrons. The van der Waals surface area contributed by atoms with Crippen molar-refractivity contribution in [1.29, 1.82) is 0 Å². The first-order valence-electron chi connectivity index (χ1n) is 10.6. The van der Waals surface area contributed by atoms with Crippen LogP contribution in [0.5, 0.6) is 0 Å². The van der Waals surface area contributed by atoms with E-state index in [9.17, 15) is 0 Å². The molecule has 4 nitrogen and oxygen atoms in total. The quantitative estimate of drug-likeness (QED) is 0.573. The van der Waals surface area contributed by atoms with Crippen LogP contribution in [0.25, 0.3) is 0 Å². The summed E-state index contributed by atoms with van der Waals surface area (Å²) in [5, 5.41) is 0. The number of likely N-dealkylation sites (N-methyl/N-ethyl adjacent to an activating group) is 3. The number of nitrogens with zero attached hydrogens (tertiary/aromatic N) is 4. The molecule has 0 spiro atoms. The Hall–Kier alpha value is -1.72. The van der Waals surface area contributed by atoms with Crippen molar-refractivity contribution < 1.29 is 0 Å². The van der Waals surface area contributed by atoms with Crippen molar-refractivity contribution >= 4 is 28.8 Å². The maximum Gasteiger partial charge on any atom is 0.0774 e. The van der Waals surface area contributed by atoms with Crippen LogP contribution in [0.3, 0.4) is 0 Å². The highest BCUT2D eigenvalue weighted by Gasteiger charge is 2.22. The summed E-state index contributed by atoms with van der Waals surface area (Å²) in [4.78, 5) is 14.8. The Morgan fingerprint density at radius 3 is 2.43 bits per heavy atom. The Labute approximate surface area is 175 Å². The second-order valence-electron chi connectivity index (χ2n) is 7.28. The van der Waals surface area contributed by atoms with E-state index in [4.69, 9.17) is 4.99 Å². The van der Waals surface area contributed by atoms with E-state index in [1.54, 1.807) is 0 Å². The van der Waals surface area contributed by atoms with Gasteiger partial charge in [0.2, 0.25) is 0 Å². The van der Waals surface area contributed by atoms with Crippen molar-refractivity contribution in [2.45, 2.75) is 39.0 Å². The summed E-state index contributed by atoms with van der Waals surface area (Å²) < 4.78 is 0. The van der Waals surface area contributed by atoms with Gasteiger partial charge in [-0.3, -0.25) is 4.99 Å². The summed E-state index contributed by atoms with van der Waals surface area (Å²) in [6, 6.07) is 6.69. The minimum atomic E-state index is 0.926. The molecule has 1 heterocycles. The Morgan fingerprint density at radius 1 is 1.00 bits per heavy atom. The minimum absolute atomic E-state index is 0.926. The predicted molar refractivity (Wildman–Crippen MR) is 124 cm³/mol. The molecule has 1 aromatic rings. The van der Waals surface area contributed by atoms with Gasteiger partial charge in [-0.05, 0) is 51.2 Å². The van der Waals surface area contributed by atoms with Crippen LogP contribution in [0.4, 0.5) is 11.4 Å². The molecular formula is C23H34N4S. The fourth-order valence-corrected chi connectivity index (χ4v) is 4.78. The molecule has 3 rings (SSSR count). The van der Waals surface area contributed by atoms with Gasteiger partial charge in [0, 0.05) is 60.8 Å². The summed E-state index contributed by atoms with van der Waals surface area (Å²) in [5.74, 6) is 0. The smallest absolute Gasteiger partial charge is 0.0774 e. The second-order valence-corrected chi connectivity index (χ2v) is 8.36. The van der Waals surface area contributed by atoms with Crippen LogP contribution in [-0.2, 0) is 0 Å². The minimum Gasteiger partial charge on any atom is -0.373 e. The molecular weight excluding hydrogens is 364 g/mol. The predicted octanol–water partition coefficient (Wildman–Crippen LogP) is 5.16. The molecule has 5 heteroatoms. The average molecular weight is 399 g/mol. The van der Waals surface area contributed by atoms with Gasteiger partial charge in [-0.25, -0.2) is 0 Å². The number of thioether (sulfide) groups is 1. The van der Waals surface area contributed by atoms with E-state index in [1.807, 2.05) is 11.8 Å². The lowest BCUT2D eigenvalue weighted by molar-refractivity contribution is 0.311. The molecule has 0 radical (unpaired) electrons. The molecule has 1 aliphatic heterocycles. The van der Waals surface area contributed by atoms with Crippen LogP contribution in [0.15, 0.2) is 50.8 Å². The molecule has 0 saturated heterocycles. The third kappa shape index (κ3) is 4.64. The number of allylic oxidation sites excluding steroid dienone is 3. The number of anilines is 1. The van der Waals surface area contributed by atoms with Gasteiger partial charge >= 0.3 is 0 Å². The molecule has 2 aliphatic rings. The molecule has 0 atom stereocenters. The second kappa shape index (κ2) is 9.66. The molecule has 1 aliphatic carbocycles. The standard InChI is InChI=1S/C23H34N4S/c1-6-26(7-2)15-14-25(5)18-10-12-20-22(16-18)28-23-17-19(27(8-3)9-4)11-13-21(23)24-20/h10-12,16-17H,6-9,13-15H2,1-5H3. The van der Waals surface area contributed by atoms with Crippen molar-refractivity contribution in [3.8, 4) is 0 Å². The normalized spacial score (nSPS) is 15.4. The van der Waals surface area contributed by atoms with E-state index in [-0.39, 0.29) is 0 Å². The van der Waals surface area contributed by atoms with Crippen molar-refractivity contribution in [3.63, 3.8) is 0 Å². The fraction of sp³-hybridized carbons (Fsp3) is 0.522. The molecule has 0 aromatic heterocycles. The third-order valence-corrected chi connectivity index (χ3v) is 6.82. The van der Waals surface area contributed by atoms with Gasteiger partial charge in [0.05, 0.1) is 11.4 Å². The first-order valence-corrected chi connectivity index (χ1v) is 11.4. The fourth-order valence-electron chi connectivity index (χ4n) is 3.72. The van der Waals surface area contributed by atoms with Crippen LogP contribution in [0, 0.1) is 0 Å². The first kappa shape index (κ1) is 21.0. The van der Waals surface area contributed by atoms with E-state index in [0.29, 0.717) is 0 Å². The van der Waals surface area contributed by atoms with Gasteiger partial charge in [0.15, 0.2) is 0 Å². The van der Waals surface area contributed by atoms with Gasteiger partial charge in [-0.2, -0.15) is 0 Å². The number of benzene rings is 1. The third-order valence-electron chi connectivity index (χ3n) is 5.70. The summed E-state index contributed by atoms with van der Waals surface area (Å²) in [6.07, 6.45) is 5.56. The molecule has 0 fully saturated rings. The molecule has 0 saturated carbocycles. The maximum atomic E-state index is 4.95. The van der Waals surface area contributed by atoms with Gasteiger partial charge in [0.1, 0.15) is 0 Å². The summed E-state index contributed by atoms with van der Waals surface area (Å²) >= 11 is 1.87. The molecule has 0 unspecified atom stereocenters. The molecule has 0 bridgehead atoms. The van der Waals surface area contributed by atoms with Gasteiger partial charge in [0.25, 0.3) is 0 Å². The zero-order chi connectivity index (χ0) is 20.1. The monoisotopic (exact) mass is 398 g/mol. The zero-order valence-electron chi connectivity index (χ0n) is 18.0. The number of hydrogen-bond acceptors (Lipinski definition) is 5. The maximum absolute atomic E-state index is 4.95. The van der Waals surface area contributed by atoms with Crippen molar-refractivity contribution in [3.05, 3.63) is 41.0 Å². The van der Waals surface area contributed by atoms with E-state index in [2.05, 4.69) is 79.8 Å². The molecule has 0 N–H and O–H groups in total. The molecule has 1 aromatic carbocycles. The van der Waals surface area contributed by atoms with E-state index >= 15 is 0 Å². The van der Waals surface area contributed by atoms with Crippen molar-refractivity contribution in [2.24, 2.45) is 4.99 Å². The summed E-state index contributed by atoms with van der Waals surface area (Å²) in [7, 11) is 2.19. The lowest BCUT2D eigenvalue weighted by atomic mass is 10.1. The number of fused-ring (bicyclic) bond motifs is 2. The van der Waals surface area contributed by atoms with Crippen LogP contribution in [0.1, 0.15) is 34.1 Å². The number of aliphatic imine (C=N–C) groups is 1. The van der Waals surface area contributed by atoms with Crippen LogP contribution in [-0.4, -0.2) is 61.8 Å². The molecule has 0 amide bonds. The van der Waals surface area contributed by atoms with Crippen molar-refractivity contribution in [1.82, 2.24) is 9.80 Å². The SMILES string of the molecule is CCN(CC)CCN(C)c1ccc2c(c1)SC1=CC(N(CC)CC)=CCC1=N2. The zero-order valence-corrected chi connectivity index (χ0v) is 18.9. The lowest BCUT2D eigenvalue weighted by Crippen LogP contribution is -2.33. The number of rotatable bonds is 9. The molecule has 28 heavy (non-hydrogen) atoms. The Balaban J connectivity index is 1.75. The average Bonchev–Trinajstić information content (AvgIpc) is 2.73. The van der Waals surface area contributed by atoms with Crippen molar-refractivity contribution in [2.75, 3.05) is 51.2 Å². The summed E-state index contributed by atoms with van der Waals surface area (Å²) in [6.45, 7) is 15.3. The van der Waals surface area contributed by atoms with Gasteiger partial charge < -0.3 is 14.7 Å². The largest absolute Gasteiger partial charge is 0.373 e. The highest BCUT2D eigenvalue weighted by Crippen LogP contribution is 2.44. The van der Waals surface area contributed by atoms with E-state index in [0.717, 1.165) is 51.4 Å². The lowest BCUT2D eigenvalue weighted by Gasteiger charge is -2.28. The highest BCUT2D eigenvalue weighted by atomic mass is 32.2. The highest BCUT2D eigenvalue weighted by molar-refractivity contribution is 8.04. The summed E-state index contributed by atoms with van der Waals surface area (Å²) in [5.41, 5.74) is 4.92. The Bertz CT molecular complexity index is 773. The van der Waals surface area contributed by atoms with E-state index < -0.39 is 0 Å². The van der Waals surface area contributed by atoms with Crippen LogP contribution < -0.4 is 4.90 Å². The first-order chi connectivity index (χ1) is 13.6. The Kier molecular flexibility index (Phi) is 7.24. The van der Waals surface area contributed by atoms with Gasteiger partial charge in [-0.15, -0.1) is 0 Å². The van der Waals surface area contributed by atoms with Crippen LogP contribution in [0.2, 0.25) is 0 Å². The number of hydrogen-bond donors (Lipinski definition) is 0. The van der Waals surface area contributed by atoms with Gasteiger partial charge in [-0.1, -0.05) is 31.7 Å². The van der Waals surface area contributed by atoms with E-state index in [1.165, 1.54) is 26.9 Å². The van der Waals surface area contributed by atoms with Crippen LogP contribution >= 0.6 is 11.8 Å². The Morgan fingerprint density at radius 2 is 1.75 bits per heavy atom.